The summed E-state index contributed by atoms with van der Waals surface area (Å²) in [6.07, 6.45) is -0.709. The van der Waals surface area contributed by atoms with Crippen molar-refractivity contribution in [3.05, 3.63) is 26.6 Å². The molecule has 0 bridgehead atoms. The Bertz CT molecular complexity index is 568. The highest BCUT2D eigenvalue weighted by Gasteiger charge is 2.23. The Balaban J connectivity index is 2.82. The van der Waals surface area contributed by atoms with Gasteiger partial charge in [-0.15, -0.1) is 0 Å². The molecule has 0 radical (unpaired) electrons. The van der Waals surface area contributed by atoms with E-state index >= 15 is 0 Å². The van der Waals surface area contributed by atoms with Crippen molar-refractivity contribution in [2.24, 2.45) is 0 Å². The Hall–Kier alpha value is -1.61. The van der Waals surface area contributed by atoms with Crippen LogP contribution in [0.25, 0.3) is 0 Å². The molecule has 0 fully saturated rings. The maximum absolute atomic E-state index is 11.8. The molecule has 4 N–H and O–H groups in total. The average molecular weight is 424 g/mol. The van der Waals surface area contributed by atoms with Gasteiger partial charge < -0.3 is 20.8 Å². The minimum atomic E-state index is -1.51. The number of benzene rings is 1. The summed E-state index contributed by atoms with van der Waals surface area (Å²) in [5, 5.41) is 22.0. The number of carboxylic acid groups (broad SMARTS) is 2. The van der Waals surface area contributed by atoms with Crippen molar-refractivity contribution < 1.29 is 24.6 Å². The number of anilines is 1. The Kier molecular flexibility index (Phi) is 6.16. The van der Waals surface area contributed by atoms with Crippen LogP contribution in [0, 0.1) is 6.92 Å². The fraction of sp³-hybridized carbons (Fsp3) is 0.250. The van der Waals surface area contributed by atoms with Crippen molar-refractivity contribution in [1.29, 1.82) is 0 Å². The van der Waals surface area contributed by atoms with Gasteiger partial charge in [-0.1, -0.05) is 0 Å². The smallest absolute Gasteiger partial charge is 0.326 e. The lowest BCUT2D eigenvalue weighted by molar-refractivity contribution is -0.145. The Morgan fingerprint density at radius 1 is 1.19 bits per heavy atom. The normalized spacial score (nSPS) is 11.6. The number of urea groups is 1. The second kappa shape index (κ2) is 7.41. The van der Waals surface area contributed by atoms with E-state index in [0.29, 0.717) is 14.6 Å². The molecule has 114 valence electrons. The fourth-order valence-corrected chi connectivity index (χ4v) is 3.12. The molecule has 0 aliphatic heterocycles. The average Bonchev–Trinajstić information content (AvgIpc) is 2.32. The first-order valence-electron chi connectivity index (χ1n) is 5.68. The van der Waals surface area contributed by atoms with Gasteiger partial charge >= 0.3 is 18.0 Å². The first-order valence-corrected chi connectivity index (χ1v) is 7.27. The fourth-order valence-electron chi connectivity index (χ4n) is 1.50. The minimum absolute atomic E-state index is 0.414. The number of aliphatic carboxylic acids is 2. The second-order valence-electron chi connectivity index (χ2n) is 4.19. The van der Waals surface area contributed by atoms with E-state index in [1.54, 1.807) is 12.1 Å². The van der Waals surface area contributed by atoms with Crippen molar-refractivity contribution >= 4 is 55.5 Å². The number of carbonyl (C=O) groups is 3. The maximum Gasteiger partial charge on any atom is 0.326 e. The largest absolute Gasteiger partial charge is 0.481 e. The molecule has 0 spiro atoms. The first-order chi connectivity index (χ1) is 9.70. The van der Waals surface area contributed by atoms with E-state index in [4.69, 9.17) is 10.2 Å². The zero-order valence-electron chi connectivity index (χ0n) is 10.8. The highest BCUT2D eigenvalue weighted by Crippen LogP contribution is 2.32. The van der Waals surface area contributed by atoms with Gasteiger partial charge in [-0.2, -0.15) is 0 Å². The molecular formula is C12H12Br2N2O5. The van der Waals surface area contributed by atoms with Crippen LogP contribution in [0.15, 0.2) is 21.1 Å². The number of amides is 2. The second-order valence-corrected chi connectivity index (χ2v) is 5.90. The van der Waals surface area contributed by atoms with Crippen LogP contribution in [0.3, 0.4) is 0 Å². The highest BCUT2D eigenvalue weighted by molar-refractivity contribution is 9.11. The van der Waals surface area contributed by atoms with Gasteiger partial charge in [0, 0.05) is 8.95 Å². The number of halogens is 2. The van der Waals surface area contributed by atoms with E-state index in [9.17, 15) is 14.4 Å². The molecule has 1 rings (SSSR count). The van der Waals surface area contributed by atoms with Gasteiger partial charge in [-0.3, -0.25) is 4.79 Å². The third-order valence-corrected chi connectivity index (χ3v) is 3.66. The third-order valence-electron chi connectivity index (χ3n) is 2.41. The number of nitrogens with one attached hydrogen (secondary N) is 2. The Morgan fingerprint density at radius 2 is 1.71 bits per heavy atom. The molecule has 1 aromatic carbocycles. The molecule has 0 aliphatic carbocycles. The number of carboxylic acids is 2. The molecule has 9 heteroatoms. The molecule has 2 amide bonds. The third kappa shape index (κ3) is 5.35. The molecule has 0 aromatic heterocycles. The summed E-state index contributed by atoms with van der Waals surface area (Å²) in [6, 6.07) is 1.22. The number of hydrogen-bond donors (Lipinski definition) is 4. The van der Waals surface area contributed by atoms with E-state index in [2.05, 4.69) is 42.5 Å². The lowest BCUT2D eigenvalue weighted by atomic mass is 10.2. The molecule has 7 nitrogen and oxygen atoms in total. The predicted octanol–water partition coefficient (Wildman–Crippen LogP) is 2.57. The summed E-state index contributed by atoms with van der Waals surface area (Å²) in [4.78, 5) is 33.2. The molecule has 1 aromatic rings. The predicted molar refractivity (Wildman–Crippen MR) is 82.4 cm³/mol. The zero-order valence-corrected chi connectivity index (χ0v) is 14.0. The molecule has 0 aliphatic rings. The topological polar surface area (TPSA) is 116 Å². The lowest BCUT2D eigenvalue weighted by Gasteiger charge is -2.15. The molecule has 0 unspecified atom stereocenters. The van der Waals surface area contributed by atoms with Gasteiger partial charge in [0.2, 0.25) is 0 Å². The van der Waals surface area contributed by atoms with Gasteiger partial charge in [0.1, 0.15) is 6.04 Å². The Labute approximate surface area is 137 Å². The summed E-state index contributed by atoms with van der Waals surface area (Å²) >= 11 is 6.56. The summed E-state index contributed by atoms with van der Waals surface area (Å²) < 4.78 is 1.21. The van der Waals surface area contributed by atoms with Gasteiger partial charge in [0.15, 0.2) is 0 Å². The van der Waals surface area contributed by atoms with Crippen molar-refractivity contribution in [2.75, 3.05) is 5.32 Å². The van der Waals surface area contributed by atoms with E-state index < -0.39 is 30.4 Å². The molecular weight excluding hydrogens is 412 g/mol. The number of hydrogen-bond acceptors (Lipinski definition) is 3. The van der Waals surface area contributed by atoms with Crippen LogP contribution in [0.1, 0.15) is 12.0 Å². The molecule has 0 saturated carbocycles. The quantitative estimate of drug-likeness (QED) is 0.580. The first kappa shape index (κ1) is 17.4. The van der Waals surface area contributed by atoms with Crippen molar-refractivity contribution in [2.45, 2.75) is 19.4 Å². The summed E-state index contributed by atoms with van der Waals surface area (Å²) in [5.74, 6) is -2.74. The number of rotatable bonds is 5. The number of carbonyl (C=O) groups excluding carboxylic acids is 1. The van der Waals surface area contributed by atoms with Gasteiger partial charge in [-0.25, -0.2) is 9.59 Å². The highest BCUT2D eigenvalue weighted by atomic mass is 79.9. The van der Waals surface area contributed by atoms with Crippen LogP contribution in [-0.4, -0.2) is 34.2 Å². The van der Waals surface area contributed by atoms with Crippen LogP contribution in [0.5, 0.6) is 0 Å². The monoisotopic (exact) mass is 422 g/mol. The van der Waals surface area contributed by atoms with Crippen molar-refractivity contribution in [3.8, 4) is 0 Å². The molecule has 0 heterocycles. The van der Waals surface area contributed by atoms with Crippen LogP contribution in [0.4, 0.5) is 10.5 Å². The molecule has 0 saturated heterocycles. The van der Waals surface area contributed by atoms with Gasteiger partial charge in [0.05, 0.1) is 12.1 Å². The van der Waals surface area contributed by atoms with Crippen LogP contribution in [-0.2, 0) is 9.59 Å². The number of aryl methyl sites for hydroxylation is 1. The van der Waals surface area contributed by atoms with E-state index in [0.717, 1.165) is 5.56 Å². The van der Waals surface area contributed by atoms with Crippen molar-refractivity contribution in [3.63, 3.8) is 0 Å². The van der Waals surface area contributed by atoms with Crippen molar-refractivity contribution in [1.82, 2.24) is 5.32 Å². The van der Waals surface area contributed by atoms with Gasteiger partial charge in [-0.05, 0) is 56.5 Å². The molecule has 1 atom stereocenters. The van der Waals surface area contributed by atoms with Crippen LogP contribution >= 0.6 is 31.9 Å². The maximum atomic E-state index is 11.8. The van der Waals surface area contributed by atoms with E-state index in [1.165, 1.54) is 0 Å². The van der Waals surface area contributed by atoms with E-state index in [1.807, 2.05) is 6.92 Å². The van der Waals surface area contributed by atoms with Crippen LogP contribution < -0.4 is 10.6 Å². The summed E-state index contributed by atoms with van der Waals surface area (Å²) in [5.41, 5.74) is 1.37. The van der Waals surface area contributed by atoms with Gasteiger partial charge in [0.25, 0.3) is 0 Å². The lowest BCUT2D eigenvalue weighted by Crippen LogP contribution is -2.44. The summed E-state index contributed by atoms with van der Waals surface area (Å²) in [7, 11) is 0. The van der Waals surface area contributed by atoms with Crippen LogP contribution in [0.2, 0.25) is 0 Å². The van der Waals surface area contributed by atoms with E-state index in [-0.39, 0.29) is 0 Å². The zero-order chi connectivity index (χ0) is 16.2. The Morgan fingerprint density at radius 3 is 2.14 bits per heavy atom. The SMILES string of the molecule is Cc1cc(Br)c(NC(=O)N[C@@H](CC(=O)O)C(=O)O)c(Br)c1. The standard InChI is InChI=1S/C12H12Br2N2O5/c1-5-2-6(13)10(7(14)3-5)16-12(21)15-8(11(19)20)4-9(17)18/h2-3,8H,4H2,1H3,(H,17,18)(H,19,20)(H2,15,16,21)/t8-/m0/s1. The minimum Gasteiger partial charge on any atom is -0.481 e. The summed E-state index contributed by atoms with van der Waals surface area (Å²) in [6.45, 7) is 1.87. The molecule has 21 heavy (non-hydrogen) atoms.